The third kappa shape index (κ3) is 12.6. The second-order valence-electron chi connectivity index (χ2n) is 12.9. The first-order chi connectivity index (χ1) is 28.7. The smallest absolute Gasteiger partial charge is 0.208 e. The highest BCUT2D eigenvalue weighted by Crippen LogP contribution is 2.29. The largest absolute Gasteiger partial charge is 0.457 e. The number of nitrogens with zero attached hydrogens (tertiary/aromatic N) is 7. The Bertz CT molecular complexity index is 2580. The van der Waals surface area contributed by atoms with Crippen LogP contribution in [0.2, 0.25) is 0 Å². The van der Waals surface area contributed by atoms with Gasteiger partial charge >= 0.3 is 0 Å². The van der Waals surface area contributed by atoms with E-state index in [9.17, 15) is 0 Å². The fourth-order valence-electron chi connectivity index (χ4n) is 5.74. The summed E-state index contributed by atoms with van der Waals surface area (Å²) in [7, 11) is 7.24. The van der Waals surface area contributed by atoms with E-state index in [1.807, 2.05) is 91.5 Å². The summed E-state index contributed by atoms with van der Waals surface area (Å²) >= 11 is 4.50. The molecular formula is C46H48N10O2S. The number of isothiocyanates is 1. The van der Waals surface area contributed by atoms with Crippen molar-refractivity contribution in [3.8, 4) is 23.0 Å². The molecule has 0 amide bonds. The van der Waals surface area contributed by atoms with Crippen LogP contribution in [0.3, 0.4) is 0 Å². The number of aryl methyl sites for hydroxylation is 3. The maximum atomic E-state index is 6.00. The molecular weight excluding hydrogens is 757 g/mol. The van der Waals surface area contributed by atoms with Crippen molar-refractivity contribution in [2.45, 2.75) is 26.7 Å². The molecule has 300 valence electrons. The number of benzene rings is 4. The van der Waals surface area contributed by atoms with Gasteiger partial charge in [-0.2, -0.15) is 4.99 Å². The number of rotatable bonds is 12. The Labute approximate surface area is 350 Å². The van der Waals surface area contributed by atoms with Gasteiger partial charge in [0, 0.05) is 83.0 Å². The second-order valence-corrected chi connectivity index (χ2v) is 13.0. The van der Waals surface area contributed by atoms with Crippen LogP contribution in [-0.2, 0) is 19.9 Å². The minimum atomic E-state index is 0.643. The number of fused-ring (bicyclic) bond motifs is 1. The van der Waals surface area contributed by atoms with E-state index in [0.29, 0.717) is 22.9 Å². The molecule has 59 heavy (non-hydrogen) atoms. The highest BCUT2D eigenvalue weighted by molar-refractivity contribution is 7.78. The van der Waals surface area contributed by atoms with Gasteiger partial charge in [-0.05, 0) is 96.9 Å². The molecule has 4 N–H and O–H groups in total. The van der Waals surface area contributed by atoms with Gasteiger partial charge in [-0.3, -0.25) is 20.0 Å². The summed E-state index contributed by atoms with van der Waals surface area (Å²) in [5, 5.41) is 8.76. The highest BCUT2D eigenvalue weighted by Gasteiger charge is 2.10. The van der Waals surface area contributed by atoms with Gasteiger partial charge in [0.15, 0.2) is 0 Å². The fourth-order valence-corrected chi connectivity index (χ4v) is 5.85. The third-order valence-electron chi connectivity index (χ3n) is 8.73. The van der Waals surface area contributed by atoms with E-state index in [0.717, 1.165) is 64.0 Å². The van der Waals surface area contributed by atoms with Crippen LogP contribution < -0.4 is 25.8 Å². The molecule has 0 bridgehead atoms. The molecule has 0 aliphatic heterocycles. The molecule has 12 nitrogen and oxygen atoms in total. The number of aliphatic imine (C=N–C) groups is 3. The van der Waals surface area contributed by atoms with Crippen LogP contribution in [0.1, 0.15) is 36.4 Å². The Morgan fingerprint density at radius 1 is 0.746 bits per heavy atom. The lowest BCUT2D eigenvalue weighted by Crippen LogP contribution is -1.99. The number of nitrogens with two attached hydrogens (primary N) is 1. The van der Waals surface area contributed by atoms with Gasteiger partial charge in [0.2, 0.25) is 5.95 Å². The maximum absolute atomic E-state index is 6.00. The molecule has 7 rings (SSSR count). The van der Waals surface area contributed by atoms with E-state index in [2.05, 4.69) is 91.1 Å². The standard InChI is InChI=1S/C23H23N5O.C14H16N4O.C9H9NS/c1-4-16-6-5-7-17(12-16)26-23-27-21-14-19(8-9-22(21)28(23)3)29-20-10-11-25-18(13-20)15-24-2;1-16-9-10-7-12(5-6-18-10)19-11-3-4-14(17-2)13(15)8-11;1-2-8-4-3-5-9(6-8)10-7-11/h5-15H,4H2,1-3H3,(H,26,27);3-9,17H,15H2,1-2H3;3-6H,2H2,1H3. The normalized spacial score (nSPS) is 10.6. The molecule has 0 aliphatic carbocycles. The van der Waals surface area contributed by atoms with Gasteiger partial charge in [-0.1, -0.05) is 38.1 Å². The lowest BCUT2D eigenvalue weighted by Gasteiger charge is -2.09. The molecule has 0 spiro atoms. The minimum absolute atomic E-state index is 0.643. The van der Waals surface area contributed by atoms with E-state index >= 15 is 0 Å². The van der Waals surface area contributed by atoms with Gasteiger partial charge in [0.25, 0.3) is 0 Å². The van der Waals surface area contributed by atoms with Gasteiger partial charge in [-0.15, -0.1) is 0 Å². The van der Waals surface area contributed by atoms with Crippen molar-refractivity contribution in [2.24, 2.45) is 22.0 Å². The van der Waals surface area contributed by atoms with Crippen molar-refractivity contribution in [3.63, 3.8) is 0 Å². The number of hydrogen-bond acceptors (Lipinski definition) is 12. The zero-order valence-corrected chi connectivity index (χ0v) is 34.9. The molecule has 7 aromatic rings. The average molecular weight is 805 g/mol. The summed E-state index contributed by atoms with van der Waals surface area (Å²) < 4.78 is 13.8. The SMILES string of the molecule is CCc1cccc(N=C=S)c1.CCc1cccc(Nc2nc3cc(Oc4ccnc(C=NC)c4)ccc3n2C)c1.CN=Cc1cc(Oc2ccc(NC)c(N)c2)ccn1. The third-order valence-corrected chi connectivity index (χ3v) is 8.82. The van der Waals surface area contributed by atoms with E-state index in [-0.39, 0.29) is 0 Å². The van der Waals surface area contributed by atoms with Gasteiger partial charge < -0.3 is 30.4 Å². The van der Waals surface area contributed by atoms with Gasteiger partial charge in [0.1, 0.15) is 23.0 Å². The quantitative estimate of drug-likeness (QED) is 0.0623. The van der Waals surface area contributed by atoms with Crippen molar-refractivity contribution in [3.05, 3.63) is 144 Å². The molecule has 0 unspecified atom stereocenters. The van der Waals surface area contributed by atoms with E-state index in [1.54, 1.807) is 51.1 Å². The topological polar surface area (TPSA) is 149 Å². The van der Waals surface area contributed by atoms with E-state index in [4.69, 9.17) is 20.2 Å². The summed E-state index contributed by atoms with van der Waals surface area (Å²) in [5.41, 5.74) is 15.3. The molecule has 0 saturated carbocycles. The molecule has 0 aliphatic rings. The Hall–Kier alpha value is -7.21. The molecule has 0 radical (unpaired) electrons. The summed E-state index contributed by atoms with van der Waals surface area (Å²) in [5.74, 6) is 3.60. The molecule has 0 fully saturated rings. The van der Waals surface area contributed by atoms with Crippen molar-refractivity contribution >= 4 is 69.5 Å². The lowest BCUT2D eigenvalue weighted by atomic mass is 10.1. The first-order valence-electron chi connectivity index (χ1n) is 18.9. The summed E-state index contributed by atoms with van der Waals surface area (Å²) in [4.78, 5) is 24.9. The van der Waals surface area contributed by atoms with Crippen LogP contribution >= 0.6 is 12.2 Å². The Kier molecular flexibility index (Phi) is 15.9. The lowest BCUT2D eigenvalue weighted by molar-refractivity contribution is 0.482. The van der Waals surface area contributed by atoms with Crippen LogP contribution in [0.25, 0.3) is 11.0 Å². The minimum Gasteiger partial charge on any atom is -0.457 e. The molecule has 0 saturated heterocycles. The monoisotopic (exact) mass is 804 g/mol. The van der Waals surface area contributed by atoms with Crippen LogP contribution in [0.5, 0.6) is 23.0 Å². The first-order valence-corrected chi connectivity index (χ1v) is 19.3. The number of anilines is 4. The van der Waals surface area contributed by atoms with Crippen molar-refractivity contribution in [1.82, 2.24) is 19.5 Å². The van der Waals surface area contributed by atoms with Crippen molar-refractivity contribution < 1.29 is 9.47 Å². The summed E-state index contributed by atoms with van der Waals surface area (Å²) in [6.45, 7) is 4.26. The Morgan fingerprint density at radius 3 is 1.93 bits per heavy atom. The number of nitrogens with one attached hydrogen (secondary N) is 2. The average Bonchev–Trinajstić information content (AvgIpc) is 3.55. The molecule has 3 heterocycles. The number of imidazole rings is 1. The second kappa shape index (κ2) is 21.9. The Balaban J connectivity index is 0.000000189. The highest BCUT2D eigenvalue weighted by atomic mass is 32.1. The van der Waals surface area contributed by atoms with E-state index in [1.165, 1.54) is 11.1 Å². The molecule has 3 aromatic heterocycles. The zero-order valence-electron chi connectivity index (χ0n) is 34.0. The predicted octanol–water partition coefficient (Wildman–Crippen LogP) is 10.6. The first kappa shape index (κ1) is 42.9. The van der Waals surface area contributed by atoms with E-state index < -0.39 is 0 Å². The summed E-state index contributed by atoms with van der Waals surface area (Å²) in [6.07, 6.45) is 8.78. The van der Waals surface area contributed by atoms with Crippen LogP contribution in [0.15, 0.2) is 137 Å². The van der Waals surface area contributed by atoms with Crippen molar-refractivity contribution in [2.75, 3.05) is 37.5 Å². The molecule has 13 heteroatoms. The van der Waals surface area contributed by atoms with Gasteiger partial charge in [0.05, 0.1) is 44.6 Å². The Morgan fingerprint density at radius 2 is 1.34 bits per heavy atom. The molecule has 0 atom stereocenters. The number of nitrogen functional groups attached to an aromatic ring is 1. The molecule has 4 aromatic carbocycles. The van der Waals surface area contributed by atoms with Crippen molar-refractivity contribution in [1.29, 1.82) is 0 Å². The van der Waals surface area contributed by atoms with Gasteiger partial charge in [-0.25, -0.2) is 4.98 Å². The maximum Gasteiger partial charge on any atom is 0.208 e. The zero-order chi connectivity index (χ0) is 42.0. The van der Waals surface area contributed by atoms with Crippen LogP contribution in [0.4, 0.5) is 28.7 Å². The number of ether oxygens (including phenoxy) is 2. The summed E-state index contributed by atoms with van der Waals surface area (Å²) in [6, 6.07) is 35.0. The fraction of sp³-hybridized carbons (Fsp3) is 0.174. The predicted molar refractivity (Wildman–Crippen MR) is 246 cm³/mol. The number of thiocarbonyl (C=S) groups is 1. The van der Waals surface area contributed by atoms with Crippen LogP contribution in [-0.4, -0.2) is 58.3 Å². The number of hydrogen-bond donors (Lipinski definition) is 3. The van der Waals surface area contributed by atoms with Crippen LogP contribution in [0, 0.1) is 0 Å². The number of aromatic nitrogens is 4. The number of pyridine rings is 2.